The van der Waals surface area contributed by atoms with E-state index in [1.54, 1.807) is 33.9 Å². The van der Waals surface area contributed by atoms with Gasteiger partial charge in [0.1, 0.15) is 40.8 Å². The molecule has 2 saturated carbocycles. The number of methoxy groups -OCH3 is 1. The second-order valence-corrected chi connectivity index (χ2v) is 18.4. The van der Waals surface area contributed by atoms with Crippen LogP contribution in [0.2, 0.25) is 0 Å². The maximum absolute atomic E-state index is 14.6. The third-order valence-corrected chi connectivity index (χ3v) is 13.0. The van der Waals surface area contributed by atoms with Gasteiger partial charge in [-0.15, -0.1) is 0 Å². The molecule has 3 N–H and O–H groups in total. The number of ether oxygens (including phenoxy) is 3. The first kappa shape index (κ1) is 40.0. The third-order valence-electron chi connectivity index (χ3n) is 11.2. The average molecular weight is 802 g/mol. The summed E-state index contributed by atoms with van der Waals surface area (Å²) in [5, 5.41) is 5.70. The number of amides is 4. The third kappa shape index (κ3) is 8.88. The molecule has 1 aromatic heterocycles. The van der Waals surface area contributed by atoms with Gasteiger partial charge in [0.25, 0.3) is 5.91 Å². The molecule has 2 aliphatic carbocycles. The van der Waals surface area contributed by atoms with Gasteiger partial charge >= 0.3 is 6.09 Å². The predicted octanol–water partition coefficient (Wildman–Crippen LogP) is 5.16. The van der Waals surface area contributed by atoms with E-state index in [1.807, 2.05) is 60.7 Å². The molecule has 1 unspecified atom stereocenters. The lowest BCUT2D eigenvalue weighted by atomic mass is 10.0. The summed E-state index contributed by atoms with van der Waals surface area (Å²) in [5.41, 5.74) is -0.197. The van der Waals surface area contributed by atoms with E-state index in [0.29, 0.717) is 66.6 Å². The van der Waals surface area contributed by atoms with Gasteiger partial charge in [-0.2, -0.15) is 0 Å². The molecule has 7 rings (SSSR count). The number of nitrogens with zero attached hydrogens (tertiary/aromatic N) is 2. The first-order valence-electron chi connectivity index (χ1n) is 19.7. The smallest absolute Gasteiger partial charge is 0.408 e. The zero-order valence-electron chi connectivity index (χ0n) is 32.8. The van der Waals surface area contributed by atoms with E-state index < -0.39 is 74.3 Å². The number of sulfonamides is 1. The summed E-state index contributed by atoms with van der Waals surface area (Å²) in [6, 6.07) is 14.8. The maximum Gasteiger partial charge on any atom is 0.408 e. The van der Waals surface area contributed by atoms with E-state index in [1.165, 1.54) is 4.90 Å². The Morgan fingerprint density at radius 2 is 1.77 bits per heavy atom. The quantitative estimate of drug-likeness (QED) is 0.258. The van der Waals surface area contributed by atoms with Crippen molar-refractivity contribution in [1.29, 1.82) is 0 Å². The molecule has 4 aliphatic rings. The molecule has 0 bridgehead atoms. The average Bonchev–Trinajstić information content (AvgIpc) is 3.67. The fourth-order valence-electron chi connectivity index (χ4n) is 7.76. The van der Waals surface area contributed by atoms with Crippen molar-refractivity contribution >= 4 is 44.7 Å². The van der Waals surface area contributed by atoms with E-state index in [2.05, 4.69) is 15.4 Å². The lowest BCUT2D eigenvalue weighted by molar-refractivity contribution is -0.141. The van der Waals surface area contributed by atoms with Crippen molar-refractivity contribution in [2.24, 2.45) is 5.92 Å². The van der Waals surface area contributed by atoms with Gasteiger partial charge in [0.2, 0.25) is 21.8 Å². The van der Waals surface area contributed by atoms with Gasteiger partial charge in [0.05, 0.1) is 30.1 Å². The summed E-state index contributed by atoms with van der Waals surface area (Å²) < 4.78 is 46.1. The Kier molecular flexibility index (Phi) is 11.2. The number of hydrogen-bond acceptors (Lipinski definition) is 10. The highest BCUT2D eigenvalue weighted by atomic mass is 32.2. The topological polar surface area (TPSA) is 182 Å². The van der Waals surface area contributed by atoms with Crippen molar-refractivity contribution in [2.75, 3.05) is 13.7 Å². The molecule has 304 valence electrons. The van der Waals surface area contributed by atoms with Crippen molar-refractivity contribution in [2.45, 2.75) is 113 Å². The van der Waals surface area contributed by atoms with Crippen molar-refractivity contribution in [3.8, 4) is 22.8 Å². The highest BCUT2D eigenvalue weighted by molar-refractivity contribution is 7.90. The van der Waals surface area contributed by atoms with Gasteiger partial charge in [-0.1, -0.05) is 55.3 Å². The highest BCUT2D eigenvalue weighted by Crippen LogP contribution is 2.46. The summed E-state index contributed by atoms with van der Waals surface area (Å²) >= 11 is 0. The van der Waals surface area contributed by atoms with Crippen LogP contribution in [0.4, 0.5) is 4.79 Å². The molecule has 3 aromatic rings. The number of carbonyl (C=O) groups is 4. The SMILES string of the molecule is COc1ccc2c(O[C@@H]3C[C@H]4C(=O)N[C@]5(C(=O)NS(=O)(=O)C6CCC6)CC5C=CCCCC[C@H](NC(=O)OC(C)(C)C)C(=O)N4C3)cc(-c3ccccc3)nc2c1. The monoisotopic (exact) mass is 801 g/mol. The molecule has 57 heavy (non-hydrogen) atoms. The molecule has 3 heterocycles. The molecule has 2 aliphatic heterocycles. The molecule has 0 spiro atoms. The molecule has 1 saturated heterocycles. The molecule has 5 atom stereocenters. The fraction of sp³-hybridized carbons (Fsp3) is 0.500. The minimum Gasteiger partial charge on any atom is -0.497 e. The number of allylic oxidation sites excluding steroid dienone is 1. The largest absolute Gasteiger partial charge is 0.497 e. The lowest BCUT2D eigenvalue weighted by Gasteiger charge is -2.31. The number of alkyl carbamates (subject to hydrolysis) is 1. The van der Waals surface area contributed by atoms with E-state index >= 15 is 0 Å². The molecule has 4 amide bonds. The van der Waals surface area contributed by atoms with Gasteiger partial charge in [-0.3, -0.25) is 19.1 Å². The molecule has 2 aromatic carbocycles. The van der Waals surface area contributed by atoms with Crippen LogP contribution in [0.3, 0.4) is 0 Å². The Bertz CT molecular complexity index is 2170. The molecule has 0 radical (unpaired) electrons. The summed E-state index contributed by atoms with van der Waals surface area (Å²) in [5.74, 6) is -1.24. The maximum atomic E-state index is 14.6. The fourth-order valence-corrected chi connectivity index (χ4v) is 9.32. The van der Waals surface area contributed by atoms with Crippen LogP contribution in [0.1, 0.15) is 78.6 Å². The number of nitrogens with one attached hydrogen (secondary N) is 3. The summed E-state index contributed by atoms with van der Waals surface area (Å²) in [6.45, 7) is 5.18. The van der Waals surface area contributed by atoms with E-state index in [4.69, 9.17) is 19.2 Å². The van der Waals surface area contributed by atoms with Crippen LogP contribution in [0.5, 0.6) is 11.5 Å². The van der Waals surface area contributed by atoms with Gasteiger partial charge in [0.15, 0.2) is 0 Å². The number of benzene rings is 2. The van der Waals surface area contributed by atoms with Gasteiger partial charge in [-0.05, 0) is 71.4 Å². The van der Waals surface area contributed by atoms with Gasteiger partial charge in [0, 0.05) is 35.4 Å². The van der Waals surface area contributed by atoms with E-state index in [0.717, 1.165) is 12.0 Å². The van der Waals surface area contributed by atoms with Crippen LogP contribution in [0.25, 0.3) is 22.2 Å². The highest BCUT2D eigenvalue weighted by Gasteiger charge is 2.62. The van der Waals surface area contributed by atoms with E-state index in [-0.39, 0.29) is 19.4 Å². The lowest BCUT2D eigenvalue weighted by Crippen LogP contribution is -2.59. The van der Waals surface area contributed by atoms with Crippen LogP contribution in [0.15, 0.2) is 66.7 Å². The first-order chi connectivity index (χ1) is 27.2. The Labute approximate surface area is 333 Å². The summed E-state index contributed by atoms with van der Waals surface area (Å²) in [6.07, 6.45) is 6.46. The molecule has 15 heteroatoms. The van der Waals surface area contributed by atoms with E-state index in [9.17, 15) is 27.6 Å². The number of carbonyl (C=O) groups excluding carboxylic acids is 4. The number of rotatable bonds is 8. The second kappa shape index (κ2) is 16.0. The van der Waals surface area contributed by atoms with Crippen LogP contribution >= 0.6 is 0 Å². The standard InChI is InChI=1S/C42H51N5O9S/c1-41(2,3)56-40(51)44-32-18-11-6-5-10-15-27-24-42(27,39(50)46-57(52,53)30-16-12-17-30)45-37(48)35-22-29(25-47(35)38(32)49)55-36-23-33(26-13-8-7-9-14-26)43-34-21-28(54-4)19-20-31(34)36/h7-10,13-15,19-21,23,27,29-30,32,35H,5-6,11-12,16-18,22,24-25H2,1-4H3,(H,44,51)(H,45,48)(H,46,50)/t27?,29-,32+,35+,42-/m1/s1. The first-order valence-corrected chi connectivity index (χ1v) is 21.3. The number of aromatic nitrogens is 1. The van der Waals surface area contributed by atoms with Crippen LogP contribution < -0.4 is 24.8 Å². The number of pyridine rings is 1. The van der Waals surface area contributed by atoms with Crippen molar-refractivity contribution in [3.05, 3.63) is 66.7 Å². The van der Waals surface area contributed by atoms with Gasteiger partial charge < -0.3 is 29.7 Å². The minimum absolute atomic E-state index is 0.0113. The number of fused-ring (bicyclic) bond motifs is 3. The Morgan fingerprint density at radius 1 is 1.00 bits per heavy atom. The van der Waals surface area contributed by atoms with Crippen LogP contribution in [0, 0.1) is 5.92 Å². The molecular formula is C42H51N5O9S. The predicted molar refractivity (Wildman–Crippen MR) is 213 cm³/mol. The summed E-state index contributed by atoms with van der Waals surface area (Å²) in [7, 11) is -2.36. The van der Waals surface area contributed by atoms with Gasteiger partial charge in [-0.25, -0.2) is 18.2 Å². The minimum atomic E-state index is -3.93. The zero-order valence-corrected chi connectivity index (χ0v) is 33.6. The molecule has 14 nitrogen and oxygen atoms in total. The van der Waals surface area contributed by atoms with Crippen molar-refractivity contribution in [3.63, 3.8) is 0 Å². The van der Waals surface area contributed by atoms with Crippen LogP contribution in [-0.4, -0.2) is 90.3 Å². The molecular weight excluding hydrogens is 751 g/mol. The normalized spacial score (nSPS) is 25.6. The zero-order chi connectivity index (χ0) is 40.5. The Hall–Kier alpha value is -5.18. The number of hydrogen-bond donors (Lipinski definition) is 3. The molecule has 3 fully saturated rings. The Balaban J connectivity index is 1.22. The second-order valence-electron chi connectivity index (χ2n) is 16.4. The Morgan fingerprint density at radius 3 is 2.47 bits per heavy atom. The van der Waals surface area contributed by atoms with Crippen LogP contribution in [-0.2, 0) is 29.1 Å². The van der Waals surface area contributed by atoms with Crippen molar-refractivity contribution in [1.82, 2.24) is 25.2 Å². The summed E-state index contributed by atoms with van der Waals surface area (Å²) in [4.78, 5) is 62.3. The van der Waals surface area contributed by atoms with Crippen molar-refractivity contribution < 1.29 is 41.8 Å².